The summed E-state index contributed by atoms with van der Waals surface area (Å²) >= 11 is 0. The van der Waals surface area contributed by atoms with Gasteiger partial charge in [0.05, 0.1) is 5.71 Å². The average molecular weight is 175 g/mol. The molecule has 0 atom stereocenters. The highest BCUT2D eigenvalue weighted by molar-refractivity contribution is 6.12. The molecule has 0 unspecified atom stereocenters. The summed E-state index contributed by atoms with van der Waals surface area (Å²) < 4.78 is 0. The predicted molar refractivity (Wildman–Crippen MR) is 49.7 cm³/mol. The minimum Gasteiger partial charge on any atom is -0.289 e. The van der Waals surface area contributed by atoms with Crippen LogP contribution in [0.3, 0.4) is 0 Å². The van der Waals surface area contributed by atoms with Gasteiger partial charge in [0.2, 0.25) is 0 Å². The first-order valence-electron chi connectivity index (χ1n) is 3.98. The van der Waals surface area contributed by atoms with Crippen molar-refractivity contribution in [1.82, 2.24) is 5.43 Å². The summed E-state index contributed by atoms with van der Waals surface area (Å²) in [6.07, 6.45) is 8.40. The molecule has 2 rings (SSSR count). The molecule has 1 aliphatic heterocycles. The van der Waals surface area contributed by atoms with Gasteiger partial charge in [-0.1, -0.05) is 18.2 Å². The summed E-state index contributed by atoms with van der Waals surface area (Å²) in [4.78, 5) is 15.2. The summed E-state index contributed by atoms with van der Waals surface area (Å²) in [7, 11) is 0. The normalized spacial score (nSPS) is 18.7. The van der Waals surface area contributed by atoms with Gasteiger partial charge >= 0.3 is 0 Å². The number of aliphatic imine (C=N–C) groups is 1. The third kappa shape index (κ3) is 1.31. The van der Waals surface area contributed by atoms with Gasteiger partial charge in [0.1, 0.15) is 5.70 Å². The van der Waals surface area contributed by atoms with Gasteiger partial charge in [-0.15, -0.1) is 0 Å². The third-order valence-electron chi connectivity index (χ3n) is 1.97. The molecule has 4 nitrogen and oxygen atoms in total. The Balaban J connectivity index is 2.30. The Bertz CT molecular complexity index is 374. The number of carbonyl (C=O) groups is 1. The standard InChI is InChI=1S/C9H9N3O/c10-12-9(13)8-5-6-3-1-2-4-7(6)11-8/h1-3,5H,4,10H2,(H,12,13). The second-order valence-corrected chi connectivity index (χ2v) is 2.82. The average Bonchev–Trinajstić information content (AvgIpc) is 2.59. The zero-order valence-electron chi connectivity index (χ0n) is 6.95. The van der Waals surface area contributed by atoms with Crippen LogP contribution >= 0.6 is 0 Å². The van der Waals surface area contributed by atoms with Crippen LogP contribution in [0, 0.1) is 0 Å². The first kappa shape index (κ1) is 7.94. The van der Waals surface area contributed by atoms with Gasteiger partial charge in [-0.05, 0) is 11.6 Å². The van der Waals surface area contributed by atoms with E-state index in [1.165, 1.54) is 0 Å². The number of amides is 1. The van der Waals surface area contributed by atoms with E-state index in [1.807, 2.05) is 18.2 Å². The fourth-order valence-corrected chi connectivity index (χ4v) is 1.32. The molecule has 1 heterocycles. The molecular weight excluding hydrogens is 166 g/mol. The SMILES string of the molecule is NNC(=O)C1=CC2=CC=CCC2=N1. The Morgan fingerprint density at radius 1 is 1.62 bits per heavy atom. The number of carbonyl (C=O) groups excluding carboxylic acids is 1. The van der Waals surface area contributed by atoms with Crippen molar-refractivity contribution in [2.24, 2.45) is 10.8 Å². The first-order valence-corrected chi connectivity index (χ1v) is 3.98. The fourth-order valence-electron chi connectivity index (χ4n) is 1.32. The molecule has 0 fully saturated rings. The number of hydrogen-bond donors (Lipinski definition) is 2. The highest BCUT2D eigenvalue weighted by Gasteiger charge is 2.18. The molecule has 4 heteroatoms. The van der Waals surface area contributed by atoms with Crippen LogP contribution in [-0.2, 0) is 4.79 Å². The van der Waals surface area contributed by atoms with Crippen molar-refractivity contribution in [2.45, 2.75) is 6.42 Å². The highest BCUT2D eigenvalue weighted by atomic mass is 16.2. The number of rotatable bonds is 1. The van der Waals surface area contributed by atoms with E-state index in [0.717, 1.165) is 17.7 Å². The number of hydrogen-bond acceptors (Lipinski definition) is 3. The first-order chi connectivity index (χ1) is 6.31. The van der Waals surface area contributed by atoms with Crippen LogP contribution in [0.15, 0.2) is 40.6 Å². The minimum absolute atomic E-state index is 0.345. The molecular formula is C9H9N3O. The molecule has 0 saturated carbocycles. The molecule has 13 heavy (non-hydrogen) atoms. The Kier molecular flexibility index (Phi) is 1.83. The van der Waals surface area contributed by atoms with E-state index in [0.29, 0.717) is 5.70 Å². The van der Waals surface area contributed by atoms with Crippen LogP contribution in [0.4, 0.5) is 0 Å². The molecule has 3 N–H and O–H groups in total. The number of nitrogens with one attached hydrogen (secondary N) is 1. The zero-order chi connectivity index (χ0) is 9.26. The van der Waals surface area contributed by atoms with Gasteiger partial charge in [0.15, 0.2) is 0 Å². The monoisotopic (exact) mass is 175 g/mol. The number of hydrazine groups is 1. The number of fused-ring (bicyclic) bond motifs is 1. The Morgan fingerprint density at radius 2 is 2.46 bits per heavy atom. The number of nitrogens with two attached hydrogens (primary N) is 1. The van der Waals surface area contributed by atoms with Crippen molar-refractivity contribution < 1.29 is 4.79 Å². The molecule has 0 radical (unpaired) electrons. The number of nitrogens with zero attached hydrogens (tertiary/aromatic N) is 1. The summed E-state index contributed by atoms with van der Waals surface area (Å²) in [5, 5.41) is 0. The lowest BCUT2D eigenvalue weighted by Gasteiger charge is -2.01. The van der Waals surface area contributed by atoms with E-state index in [-0.39, 0.29) is 5.91 Å². The van der Waals surface area contributed by atoms with Crippen molar-refractivity contribution in [3.05, 3.63) is 35.6 Å². The van der Waals surface area contributed by atoms with Crippen molar-refractivity contribution >= 4 is 11.6 Å². The second kappa shape index (κ2) is 2.99. The molecule has 0 aromatic heterocycles. The maximum Gasteiger partial charge on any atom is 0.283 e. The van der Waals surface area contributed by atoms with Gasteiger partial charge in [-0.2, -0.15) is 0 Å². The van der Waals surface area contributed by atoms with Gasteiger partial charge < -0.3 is 0 Å². The molecule has 0 aromatic rings. The van der Waals surface area contributed by atoms with Crippen LogP contribution < -0.4 is 11.3 Å². The van der Waals surface area contributed by atoms with E-state index in [9.17, 15) is 4.79 Å². The lowest BCUT2D eigenvalue weighted by molar-refractivity contribution is -0.117. The lowest BCUT2D eigenvalue weighted by atomic mass is 10.0. The summed E-state index contributed by atoms with van der Waals surface area (Å²) in [5.74, 6) is 4.65. The molecule has 0 saturated heterocycles. The van der Waals surface area contributed by atoms with Crippen molar-refractivity contribution in [3.63, 3.8) is 0 Å². The van der Waals surface area contributed by atoms with Crippen LogP contribution in [0.2, 0.25) is 0 Å². The minimum atomic E-state index is -0.345. The molecule has 66 valence electrons. The van der Waals surface area contributed by atoms with Crippen LogP contribution in [0.5, 0.6) is 0 Å². The lowest BCUT2D eigenvalue weighted by Crippen LogP contribution is -2.30. The molecule has 0 aromatic carbocycles. The molecule has 0 bridgehead atoms. The third-order valence-corrected chi connectivity index (χ3v) is 1.97. The molecule has 1 amide bonds. The van der Waals surface area contributed by atoms with Gasteiger partial charge in [-0.3, -0.25) is 10.2 Å². The maximum absolute atomic E-state index is 11.1. The summed E-state index contributed by atoms with van der Waals surface area (Å²) in [5.41, 5.74) is 4.37. The smallest absolute Gasteiger partial charge is 0.283 e. The molecule has 0 spiro atoms. The van der Waals surface area contributed by atoms with Gasteiger partial charge in [-0.25, -0.2) is 10.8 Å². The Hall–Kier alpha value is -1.68. The molecule has 2 aliphatic rings. The summed E-state index contributed by atoms with van der Waals surface area (Å²) in [6, 6.07) is 0. The van der Waals surface area contributed by atoms with Crippen molar-refractivity contribution in [1.29, 1.82) is 0 Å². The highest BCUT2D eigenvalue weighted by Crippen LogP contribution is 2.21. The van der Waals surface area contributed by atoms with Gasteiger partial charge in [0, 0.05) is 6.42 Å². The van der Waals surface area contributed by atoms with E-state index in [4.69, 9.17) is 5.84 Å². The van der Waals surface area contributed by atoms with E-state index in [2.05, 4.69) is 10.4 Å². The second-order valence-electron chi connectivity index (χ2n) is 2.82. The Morgan fingerprint density at radius 3 is 3.15 bits per heavy atom. The topological polar surface area (TPSA) is 67.5 Å². The summed E-state index contributed by atoms with van der Waals surface area (Å²) in [6.45, 7) is 0. The van der Waals surface area contributed by atoms with E-state index >= 15 is 0 Å². The molecule has 1 aliphatic carbocycles. The van der Waals surface area contributed by atoms with E-state index in [1.54, 1.807) is 6.08 Å². The predicted octanol–water partition coefficient (Wildman–Crippen LogP) is 0.201. The van der Waals surface area contributed by atoms with Crippen LogP contribution in [0.1, 0.15) is 6.42 Å². The number of allylic oxidation sites excluding steroid dienone is 5. The van der Waals surface area contributed by atoms with Crippen LogP contribution in [-0.4, -0.2) is 11.6 Å². The maximum atomic E-state index is 11.1. The Labute approximate surface area is 75.5 Å². The van der Waals surface area contributed by atoms with Crippen LogP contribution in [0.25, 0.3) is 0 Å². The largest absolute Gasteiger partial charge is 0.289 e. The van der Waals surface area contributed by atoms with Gasteiger partial charge in [0.25, 0.3) is 5.91 Å². The van der Waals surface area contributed by atoms with Crippen molar-refractivity contribution in [3.8, 4) is 0 Å². The quantitative estimate of drug-likeness (QED) is 0.339. The zero-order valence-corrected chi connectivity index (χ0v) is 6.95. The van der Waals surface area contributed by atoms with Crippen molar-refractivity contribution in [2.75, 3.05) is 0 Å². The fraction of sp³-hybridized carbons (Fsp3) is 0.111. The van der Waals surface area contributed by atoms with E-state index < -0.39 is 0 Å².